The van der Waals surface area contributed by atoms with Gasteiger partial charge in [0.2, 0.25) is 0 Å². The molecule has 1 fully saturated rings. The van der Waals surface area contributed by atoms with Crippen molar-refractivity contribution in [1.82, 2.24) is 20.1 Å². The fourth-order valence-corrected chi connectivity index (χ4v) is 2.42. The first kappa shape index (κ1) is 14.7. The first-order valence-electron chi connectivity index (χ1n) is 6.80. The molecule has 3 heterocycles. The molecule has 7 nitrogen and oxygen atoms in total. The smallest absolute Gasteiger partial charge is 0.319 e. The largest absolute Gasteiger partial charge is 0.323 e. The highest BCUT2D eigenvalue weighted by atomic mass is 32.2. The molecule has 8 heteroatoms. The van der Waals surface area contributed by atoms with Crippen LogP contribution in [0.15, 0.2) is 41.7 Å². The highest BCUT2D eigenvalue weighted by Crippen LogP contribution is 2.23. The van der Waals surface area contributed by atoms with E-state index in [1.165, 1.54) is 12.0 Å². The van der Waals surface area contributed by atoms with Crippen molar-refractivity contribution in [2.45, 2.75) is 18.1 Å². The molecule has 2 aromatic heterocycles. The minimum Gasteiger partial charge on any atom is -0.319 e. The number of nitrogens with one attached hydrogen (secondary N) is 1. The van der Waals surface area contributed by atoms with E-state index in [1.807, 2.05) is 19.1 Å². The Kier molecular flexibility index (Phi) is 4.50. The van der Waals surface area contributed by atoms with E-state index < -0.39 is 0 Å². The van der Waals surface area contributed by atoms with Gasteiger partial charge in [-0.3, -0.25) is 5.32 Å². The maximum Gasteiger partial charge on any atom is 0.323 e. The van der Waals surface area contributed by atoms with Gasteiger partial charge in [-0.25, -0.2) is 9.78 Å². The summed E-state index contributed by atoms with van der Waals surface area (Å²) < 4.78 is 5.64. The Hall–Kier alpha value is -2.19. The molecule has 0 aromatic carbocycles. The van der Waals surface area contributed by atoms with E-state index in [1.54, 1.807) is 29.4 Å². The molecule has 0 atom stereocenters. The number of urea groups is 1. The number of pyridine rings is 1. The molecule has 1 aliphatic heterocycles. The van der Waals surface area contributed by atoms with Crippen molar-refractivity contribution in [3.63, 3.8) is 0 Å². The van der Waals surface area contributed by atoms with Gasteiger partial charge < -0.3 is 9.08 Å². The molecule has 3 rings (SSSR count). The lowest BCUT2D eigenvalue weighted by atomic mass is 10.2. The summed E-state index contributed by atoms with van der Waals surface area (Å²) in [5.74, 6) is 0.440. The zero-order valence-electron chi connectivity index (χ0n) is 12.0. The van der Waals surface area contributed by atoms with Gasteiger partial charge in [0.15, 0.2) is 5.82 Å². The SMILES string of the molecule is Cc1ccc(SOC2CN(C(=O)Nc3cccnn3)C2)nc1. The predicted molar refractivity (Wildman–Crippen MR) is 82.3 cm³/mol. The number of rotatable bonds is 4. The molecule has 0 aliphatic carbocycles. The Morgan fingerprint density at radius 2 is 2.27 bits per heavy atom. The fourth-order valence-electron chi connectivity index (χ4n) is 1.84. The third-order valence-electron chi connectivity index (χ3n) is 3.10. The molecule has 0 radical (unpaired) electrons. The van der Waals surface area contributed by atoms with Gasteiger partial charge in [-0.1, -0.05) is 6.07 Å². The predicted octanol–water partition coefficient (Wildman–Crippen LogP) is 2.12. The van der Waals surface area contributed by atoms with Crippen molar-refractivity contribution in [2.75, 3.05) is 18.4 Å². The molecule has 22 heavy (non-hydrogen) atoms. The first-order chi connectivity index (χ1) is 10.7. The summed E-state index contributed by atoms with van der Waals surface area (Å²) in [4.78, 5) is 17.8. The molecule has 0 bridgehead atoms. The lowest BCUT2D eigenvalue weighted by Gasteiger charge is -2.37. The number of amides is 2. The van der Waals surface area contributed by atoms with Crippen LogP contribution in [-0.2, 0) is 4.18 Å². The van der Waals surface area contributed by atoms with Crippen LogP contribution in [0.4, 0.5) is 10.6 Å². The van der Waals surface area contributed by atoms with E-state index >= 15 is 0 Å². The minimum atomic E-state index is -0.196. The van der Waals surface area contributed by atoms with Crippen molar-refractivity contribution in [1.29, 1.82) is 0 Å². The Labute approximate surface area is 132 Å². The summed E-state index contributed by atoms with van der Waals surface area (Å²) >= 11 is 1.24. The quantitative estimate of drug-likeness (QED) is 0.870. The number of anilines is 1. The standard InChI is InChI=1S/C14H15N5O2S/c1-10-4-5-13(15-7-10)22-21-11-8-19(9-11)14(20)17-12-3-2-6-16-18-12/h2-7,11H,8-9H2,1H3,(H,17,18,20). The summed E-state index contributed by atoms with van der Waals surface area (Å²) in [5, 5.41) is 11.0. The molecule has 0 spiro atoms. The third-order valence-corrected chi connectivity index (χ3v) is 3.88. The number of hydrogen-bond donors (Lipinski definition) is 1. The number of hydrogen-bond acceptors (Lipinski definition) is 6. The van der Waals surface area contributed by atoms with Crippen LogP contribution in [0, 0.1) is 6.92 Å². The van der Waals surface area contributed by atoms with Crippen molar-refractivity contribution in [2.24, 2.45) is 0 Å². The van der Waals surface area contributed by atoms with E-state index in [0.29, 0.717) is 18.9 Å². The Bertz CT molecular complexity index is 631. The number of aryl methyl sites for hydroxylation is 1. The van der Waals surface area contributed by atoms with Crippen LogP contribution in [0.25, 0.3) is 0 Å². The zero-order valence-corrected chi connectivity index (χ0v) is 12.8. The molecule has 2 aromatic rings. The molecule has 0 unspecified atom stereocenters. The van der Waals surface area contributed by atoms with E-state index in [0.717, 1.165) is 10.6 Å². The summed E-state index contributed by atoms with van der Waals surface area (Å²) in [6.45, 7) is 3.08. The Morgan fingerprint density at radius 1 is 1.41 bits per heavy atom. The topological polar surface area (TPSA) is 80.2 Å². The first-order valence-corrected chi connectivity index (χ1v) is 7.54. The molecule has 114 valence electrons. The Balaban J connectivity index is 1.40. The van der Waals surface area contributed by atoms with Crippen LogP contribution in [0.2, 0.25) is 0 Å². The van der Waals surface area contributed by atoms with Crippen molar-refractivity contribution in [3.8, 4) is 0 Å². The van der Waals surface area contributed by atoms with Gasteiger partial charge in [-0.15, -0.1) is 5.10 Å². The molecule has 2 amide bonds. The minimum absolute atomic E-state index is 0.0145. The summed E-state index contributed by atoms with van der Waals surface area (Å²) in [6.07, 6.45) is 3.37. The number of aromatic nitrogens is 3. The highest BCUT2D eigenvalue weighted by molar-refractivity contribution is 7.94. The highest BCUT2D eigenvalue weighted by Gasteiger charge is 2.32. The van der Waals surface area contributed by atoms with Crippen LogP contribution in [0.1, 0.15) is 5.56 Å². The summed E-state index contributed by atoms with van der Waals surface area (Å²) in [7, 11) is 0. The number of carbonyl (C=O) groups is 1. The average Bonchev–Trinajstić information content (AvgIpc) is 2.48. The van der Waals surface area contributed by atoms with Crippen LogP contribution in [0.5, 0.6) is 0 Å². The number of likely N-dealkylation sites (tertiary alicyclic amines) is 1. The van der Waals surface area contributed by atoms with E-state index in [4.69, 9.17) is 4.18 Å². The maximum atomic E-state index is 11.9. The van der Waals surface area contributed by atoms with Crippen molar-refractivity contribution in [3.05, 3.63) is 42.2 Å². The lowest BCUT2D eigenvalue weighted by Crippen LogP contribution is -2.55. The van der Waals surface area contributed by atoms with Gasteiger partial charge in [0.05, 0.1) is 13.1 Å². The van der Waals surface area contributed by atoms with Gasteiger partial charge in [-0.2, -0.15) is 5.10 Å². The average molecular weight is 317 g/mol. The zero-order chi connectivity index (χ0) is 15.4. The van der Waals surface area contributed by atoms with Crippen LogP contribution in [-0.4, -0.2) is 45.3 Å². The van der Waals surface area contributed by atoms with Gasteiger partial charge in [-0.05, 0) is 30.7 Å². The summed E-state index contributed by atoms with van der Waals surface area (Å²) in [6, 6.07) is 7.11. The number of carbonyl (C=O) groups excluding carboxylic acids is 1. The van der Waals surface area contributed by atoms with Gasteiger partial charge >= 0.3 is 6.03 Å². The second-order valence-electron chi connectivity index (χ2n) is 4.92. The van der Waals surface area contributed by atoms with E-state index in [-0.39, 0.29) is 12.1 Å². The van der Waals surface area contributed by atoms with Gasteiger partial charge in [0, 0.05) is 24.4 Å². The van der Waals surface area contributed by atoms with Crippen molar-refractivity contribution >= 4 is 23.9 Å². The Morgan fingerprint density at radius 3 is 2.95 bits per heavy atom. The molecular formula is C14H15N5O2S. The van der Waals surface area contributed by atoms with E-state index in [9.17, 15) is 4.79 Å². The normalized spacial score (nSPS) is 14.5. The van der Waals surface area contributed by atoms with Crippen LogP contribution >= 0.6 is 12.0 Å². The third kappa shape index (κ3) is 3.71. The second-order valence-corrected chi connectivity index (χ2v) is 5.70. The number of nitrogens with zero attached hydrogens (tertiary/aromatic N) is 4. The molecule has 1 N–H and O–H groups in total. The van der Waals surface area contributed by atoms with E-state index in [2.05, 4.69) is 20.5 Å². The maximum absolute atomic E-state index is 11.9. The monoisotopic (exact) mass is 317 g/mol. The van der Waals surface area contributed by atoms with Gasteiger partial charge in [0.1, 0.15) is 11.1 Å². The van der Waals surface area contributed by atoms with Crippen molar-refractivity contribution < 1.29 is 8.98 Å². The van der Waals surface area contributed by atoms with Crippen LogP contribution in [0.3, 0.4) is 0 Å². The summed E-state index contributed by atoms with van der Waals surface area (Å²) in [5.41, 5.74) is 1.11. The van der Waals surface area contributed by atoms with Crippen LogP contribution < -0.4 is 5.32 Å². The molecule has 1 aliphatic rings. The molecule has 1 saturated heterocycles. The second kappa shape index (κ2) is 6.71. The lowest BCUT2D eigenvalue weighted by molar-refractivity contribution is 0.0642. The molecular weight excluding hydrogens is 302 g/mol. The van der Waals surface area contributed by atoms with Gasteiger partial charge in [0.25, 0.3) is 0 Å². The molecule has 0 saturated carbocycles. The fraction of sp³-hybridized carbons (Fsp3) is 0.286.